The minimum Gasteiger partial charge on any atom is -0.493 e. The van der Waals surface area contributed by atoms with Crippen molar-refractivity contribution in [2.45, 2.75) is 38.5 Å². The first-order valence-corrected chi connectivity index (χ1v) is 11.6. The van der Waals surface area contributed by atoms with Gasteiger partial charge in [0.05, 0.1) is 13.0 Å². The Bertz CT molecular complexity index is 925. The largest absolute Gasteiger partial charge is 0.493 e. The number of hydrogen-bond acceptors (Lipinski definition) is 3. The second kappa shape index (κ2) is 10.6. The van der Waals surface area contributed by atoms with Crippen molar-refractivity contribution in [3.8, 4) is 5.75 Å². The van der Waals surface area contributed by atoms with Crippen LogP contribution in [0.2, 0.25) is 0 Å². The maximum Gasteiger partial charge on any atom is 0.253 e. The predicted molar refractivity (Wildman–Crippen MR) is 121 cm³/mol. The van der Waals surface area contributed by atoms with Crippen LogP contribution in [0.5, 0.6) is 5.75 Å². The molecule has 0 saturated carbocycles. The van der Waals surface area contributed by atoms with E-state index in [1.807, 2.05) is 34.1 Å². The Morgan fingerprint density at radius 3 is 2.38 bits per heavy atom. The van der Waals surface area contributed by atoms with Crippen molar-refractivity contribution >= 4 is 11.8 Å². The van der Waals surface area contributed by atoms with Gasteiger partial charge in [0.2, 0.25) is 5.91 Å². The first kappa shape index (κ1) is 22.3. The number of carbonyl (C=O) groups excluding carboxylic acids is 2. The summed E-state index contributed by atoms with van der Waals surface area (Å²) in [7, 11) is 0. The van der Waals surface area contributed by atoms with Crippen LogP contribution in [-0.4, -0.2) is 54.4 Å². The Morgan fingerprint density at radius 1 is 0.906 bits per heavy atom. The Balaban J connectivity index is 1.26. The molecule has 0 aromatic heterocycles. The Hall–Kier alpha value is -2.89. The number of amides is 2. The maximum absolute atomic E-state index is 13.9. The molecule has 2 aliphatic heterocycles. The molecule has 0 aliphatic carbocycles. The maximum atomic E-state index is 13.9. The van der Waals surface area contributed by atoms with Crippen LogP contribution in [0, 0.1) is 11.7 Å². The Kier molecular flexibility index (Phi) is 7.40. The number of nitrogens with zero attached hydrogens (tertiary/aromatic N) is 2. The van der Waals surface area contributed by atoms with E-state index in [-0.39, 0.29) is 30.0 Å². The molecule has 32 heavy (non-hydrogen) atoms. The number of benzene rings is 2. The average Bonchev–Trinajstić information content (AvgIpc) is 2.85. The van der Waals surface area contributed by atoms with E-state index in [1.54, 1.807) is 18.2 Å². The van der Waals surface area contributed by atoms with Gasteiger partial charge in [0.1, 0.15) is 11.6 Å². The lowest BCUT2D eigenvalue weighted by Gasteiger charge is -2.32. The third-order valence-corrected chi connectivity index (χ3v) is 6.40. The van der Waals surface area contributed by atoms with Gasteiger partial charge in [-0.3, -0.25) is 9.59 Å². The predicted octanol–water partition coefficient (Wildman–Crippen LogP) is 4.31. The van der Waals surface area contributed by atoms with Gasteiger partial charge in [-0.05, 0) is 68.0 Å². The molecule has 2 aliphatic rings. The van der Waals surface area contributed by atoms with E-state index < -0.39 is 0 Å². The molecule has 6 heteroatoms. The number of rotatable bonds is 6. The SMILES string of the molecule is O=C(Cc1ccccc1F)N1CCCC(COc2ccc(C(=O)N3CCCCC3)cc2)C1. The standard InChI is InChI=1S/C26H31FN2O3/c27-24-9-3-2-8-22(24)17-25(30)29-16-6-7-20(18-29)19-32-23-12-10-21(11-13-23)26(31)28-14-4-1-5-15-28/h2-3,8-13,20H,1,4-7,14-19H2. The van der Waals surface area contributed by atoms with Gasteiger partial charge in [-0.25, -0.2) is 4.39 Å². The van der Waals surface area contributed by atoms with Crippen molar-refractivity contribution in [2.75, 3.05) is 32.8 Å². The van der Waals surface area contributed by atoms with Crippen LogP contribution in [0.15, 0.2) is 48.5 Å². The smallest absolute Gasteiger partial charge is 0.253 e. The van der Waals surface area contributed by atoms with E-state index in [0.717, 1.165) is 44.5 Å². The Morgan fingerprint density at radius 2 is 1.62 bits per heavy atom. The van der Waals surface area contributed by atoms with Crippen molar-refractivity contribution in [3.63, 3.8) is 0 Å². The minimum atomic E-state index is -0.333. The molecule has 2 saturated heterocycles. The van der Waals surface area contributed by atoms with Gasteiger partial charge in [-0.15, -0.1) is 0 Å². The van der Waals surface area contributed by atoms with Gasteiger partial charge in [0.25, 0.3) is 5.91 Å². The molecule has 0 spiro atoms. The molecule has 0 N–H and O–H groups in total. The van der Waals surface area contributed by atoms with Crippen molar-refractivity contribution in [3.05, 3.63) is 65.5 Å². The van der Waals surface area contributed by atoms with E-state index in [1.165, 1.54) is 12.5 Å². The highest BCUT2D eigenvalue weighted by atomic mass is 19.1. The van der Waals surface area contributed by atoms with Crippen LogP contribution in [0.1, 0.15) is 48.0 Å². The van der Waals surface area contributed by atoms with E-state index in [0.29, 0.717) is 30.8 Å². The summed E-state index contributed by atoms with van der Waals surface area (Å²) in [6, 6.07) is 13.8. The van der Waals surface area contributed by atoms with E-state index >= 15 is 0 Å². The molecule has 5 nitrogen and oxygen atoms in total. The van der Waals surface area contributed by atoms with Gasteiger partial charge in [-0.2, -0.15) is 0 Å². The van der Waals surface area contributed by atoms with Gasteiger partial charge in [-0.1, -0.05) is 18.2 Å². The zero-order valence-corrected chi connectivity index (χ0v) is 18.5. The lowest BCUT2D eigenvalue weighted by Crippen LogP contribution is -2.42. The highest BCUT2D eigenvalue weighted by molar-refractivity contribution is 5.94. The van der Waals surface area contributed by atoms with Crippen LogP contribution >= 0.6 is 0 Å². The number of ether oxygens (including phenoxy) is 1. The first-order valence-electron chi connectivity index (χ1n) is 11.6. The topological polar surface area (TPSA) is 49.9 Å². The van der Waals surface area contributed by atoms with Crippen molar-refractivity contribution in [1.82, 2.24) is 9.80 Å². The van der Waals surface area contributed by atoms with Crippen molar-refractivity contribution in [2.24, 2.45) is 5.92 Å². The van der Waals surface area contributed by atoms with E-state index in [4.69, 9.17) is 4.74 Å². The molecule has 2 aromatic carbocycles. The van der Waals surface area contributed by atoms with Crippen molar-refractivity contribution in [1.29, 1.82) is 0 Å². The fourth-order valence-electron chi connectivity index (χ4n) is 4.53. The van der Waals surface area contributed by atoms with Crippen LogP contribution in [-0.2, 0) is 11.2 Å². The Labute approximate surface area is 189 Å². The molecule has 0 bridgehead atoms. The first-order chi connectivity index (χ1) is 15.6. The summed E-state index contributed by atoms with van der Waals surface area (Å²) in [4.78, 5) is 29.0. The number of halogens is 1. The molecular formula is C26H31FN2O3. The number of likely N-dealkylation sites (tertiary alicyclic amines) is 2. The normalized spacial score (nSPS) is 19.0. The zero-order chi connectivity index (χ0) is 22.3. The van der Waals surface area contributed by atoms with E-state index in [2.05, 4.69) is 0 Å². The molecule has 2 aromatic rings. The summed E-state index contributed by atoms with van der Waals surface area (Å²) in [5.74, 6) is 0.686. The molecule has 2 fully saturated rings. The molecule has 170 valence electrons. The lowest BCUT2D eigenvalue weighted by atomic mass is 9.98. The second-order valence-electron chi connectivity index (χ2n) is 8.80. The molecule has 1 unspecified atom stereocenters. The summed E-state index contributed by atoms with van der Waals surface area (Å²) < 4.78 is 19.8. The van der Waals surface area contributed by atoms with Crippen molar-refractivity contribution < 1.29 is 18.7 Å². The van der Waals surface area contributed by atoms with Gasteiger partial charge >= 0.3 is 0 Å². The average molecular weight is 439 g/mol. The highest BCUT2D eigenvalue weighted by Gasteiger charge is 2.25. The van der Waals surface area contributed by atoms with Gasteiger partial charge < -0.3 is 14.5 Å². The zero-order valence-electron chi connectivity index (χ0n) is 18.5. The van der Waals surface area contributed by atoms with E-state index in [9.17, 15) is 14.0 Å². The van der Waals surface area contributed by atoms with Gasteiger partial charge in [0.15, 0.2) is 0 Å². The fraction of sp³-hybridized carbons (Fsp3) is 0.462. The monoisotopic (exact) mass is 438 g/mol. The summed E-state index contributed by atoms with van der Waals surface area (Å²) in [6.07, 6.45) is 5.36. The molecule has 1 atom stereocenters. The summed E-state index contributed by atoms with van der Waals surface area (Å²) in [5, 5.41) is 0. The second-order valence-corrected chi connectivity index (χ2v) is 8.80. The van der Waals surface area contributed by atoms with Gasteiger partial charge in [0, 0.05) is 37.7 Å². The van der Waals surface area contributed by atoms with Crippen LogP contribution < -0.4 is 4.74 Å². The highest BCUT2D eigenvalue weighted by Crippen LogP contribution is 2.21. The number of hydrogen-bond donors (Lipinski definition) is 0. The summed E-state index contributed by atoms with van der Waals surface area (Å²) in [5.41, 5.74) is 1.14. The van der Waals surface area contributed by atoms with Crippen LogP contribution in [0.3, 0.4) is 0 Å². The third-order valence-electron chi connectivity index (χ3n) is 6.40. The molecule has 2 amide bonds. The van der Waals surface area contributed by atoms with Crippen LogP contribution in [0.4, 0.5) is 4.39 Å². The molecule has 4 rings (SSSR count). The molecule has 0 radical (unpaired) electrons. The minimum absolute atomic E-state index is 0.0413. The number of piperidine rings is 2. The number of carbonyl (C=O) groups is 2. The lowest BCUT2D eigenvalue weighted by molar-refractivity contribution is -0.132. The van der Waals surface area contributed by atoms with Crippen LogP contribution in [0.25, 0.3) is 0 Å². The third kappa shape index (κ3) is 5.67. The molecular weight excluding hydrogens is 407 g/mol. The fourth-order valence-corrected chi connectivity index (χ4v) is 4.53. The quantitative estimate of drug-likeness (QED) is 0.675. The summed E-state index contributed by atoms with van der Waals surface area (Å²) in [6.45, 7) is 3.52. The summed E-state index contributed by atoms with van der Waals surface area (Å²) >= 11 is 0. The molecule has 2 heterocycles.